The third-order valence-electron chi connectivity index (χ3n) is 4.21. The van der Waals surface area contributed by atoms with E-state index in [1.54, 1.807) is 67.5 Å². The molecule has 7 nitrogen and oxygen atoms in total. The van der Waals surface area contributed by atoms with Crippen molar-refractivity contribution in [1.29, 1.82) is 5.26 Å². The number of hydrogen-bond acceptors (Lipinski definition) is 5. The second-order valence-electron chi connectivity index (χ2n) is 6.90. The number of nitrogens with one attached hydrogen (secondary N) is 1. The summed E-state index contributed by atoms with van der Waals surface area (Å²) in [6.45, 7) is 2.29. The van der Waals surface area contributed by atoms with Gasteiger partial charge in [-0.3, -0.25) is 9.48 Å². The van der Waals surface area contributed by atoms with E-state index in [9.17, 15) is 4.79 Å². The summed E-state index contributed by atoms with van der Waals surface area (Å²) in [7, 11) is 3.37. The highest BCUT2D eigenvalue weighted by molar-refractivity contribution is 6.04. The number of anilines is 1. The molecular weight excluding hydrogens is 392 g/mol. The van der Waals surface area contributed by atoms with Crippen molar-refractivity contribution in [1.82, 2.24) is 9.78 Å². The summed E-state index contributed by atoms with van der Waals surface area (Å²) in [5.74, 6) is 6.72. The van der Waals surface area contributed by atoms with Crippen LogP contribution in [-0.4, -0.2) is 35.5 Å². The molecule has 7 heteroatoms. The third kappa shape index (κ3) is 6.20. The fourth-order valence-electron chi connectivity index (χ4n) is 2.85. The molecule has 0 fully saturated rings. The fourth-order valence-corrected chi connectivity index (χ4v) is 2.85. The maximum Gasteiger partial charge on any atom is 0.257 e. The molecule has 3 rings (SSSR count). The number of amides is 1. The van der Waals surface area contributed by atoms with Gasteiger partial charge in [0.2, 0.25) is 0 Å². The van der Waals surface area contributed by atoms with Gasteiger partial charge in [0.1, 0.15) is 11.9 Å². The lowest BCUT2D eigenvalue weighted by Gasteiger charge is -2.15. The van der Waals surface area contributed by atoms with E-state index < -0.39 is 0 Å². The molecule has 0 saturated carbocycles. The van der Waals surface area contributed by atoms with E-state index in [1.165, 1.54) is 0 Å². The largest absolute Gasteiger partial charge is 0.488 e. The van der Waals surface area contributed by atoms with Crippen LogP contribution in [-0.2, 0) is 11.8 Å². The van der Waals surface area contributed by atoms with Gasteiger partial charge in [-0.1, -0.05) is 17.9 Å². The van der Waals surface area contributed by atoms with E-state index in [1.807, 2.05) is 13.0 Å². The first-order valence-electron chi connectivity index (χ1n) is 9.60. The van der Waals surface area contributed by atoms with Crippen LogP contribution < -0.4 is 10.1 Å². The maximum atomic E-state index is 12.8. The number of benzene rings is 2. The average molecular weight is 414 g/mol. The van der Waals surface area contributed by atoms with Crippen LogP contribution in [0.3, 0.4) is 0 Å². The van der Waals surface area contributed by atoms with Crippen LogP contribution >= 0.6 is 0 Å². The number of carbonyl (C=O) groups excluding carboxylic acids is 1. The predicted octanol–water partition coefficient (Wildman–Crippen LogP) is 3.36. The van der Waals surface area contributed by atoms with Crippen LogP contribution in [0.2, 0.25) is 0 Å². The summed E-state index contributed by atoms with van der Waals surface area (Å²) >= 11 is 0. The van der Waals surface area contributed by atoms with Crippen LogP contribution in [0.4, 0.5) is 5.82 Å². The lowest BCUT2D eigenvalue weighted by molar-refractivity contribution is 0.0917. The number of aromatic nitrogens is 2. The van der Waals surface area contributed by atoms with Crippen molar-refractivity contribution in [3.8, 4) is 23.7 Å². The van der Waals surface area contributed by atoms with Gasteiger partial charge in [-0.05, 0) is 43.3 Å². The molecule has 3 aromatic rings. The van der Waals surface area contributed by atoms with Crippen molar-refractivity contribution in [2.75, 3.05) is 19.0 Å². The molecule has 156 valence electrons. The molecule has 1 atom stereocenters. The van der Waals surface area contributed by atoms with Crippen molar-refractivity contribution in [3.05, 3.63) is 77.0 Å². The summed E-state index contributed by atoms with van der Waals surface area (Å²) < 4.78 is 12.6. The highest BCUT2D eigenvalue weighted by atomic mass is 16.5. The maximum absolute atomic E-state index is 12.8. The van der Waals surface area contributed by atoms with Gasteiger partial charge in [-0.2, -0.15) is 10.4 Å². The van der Waals surface area contributed by atoms with E-state index in [-0.39, 0.29) is 12.0 Å². The topological polar surface area (TPSA) is 89.2 Å². The standard InChI is InChI=1S/C24H22N4O3/c1-17(16-30-3)31-22-13-19(8-7-18-5-4-6-20(11-18)15-25)12-21(14-22)24(29)26-23-9-10-28(2)27-23/h4-6,9-14,17H,16H2,1-3H3,(H,26,27,29)/t17-/m0/s1. The number of carbonyl (C=O) groups is 1. The average Bonchev–Trinajstić information content (AvgIpc) is 3.17. The van der Waals surface area contributed by atoms with Crippen molar-refractivity contribution < 1.29 is 14.3 Å². The fraction of sp³-hybridized carbons (Fsp3) is 0.208. The zero-order valence-electron chi connectivity index (χ0n) is 17.5. The molecule has 1 aromatic heterocycles. The minimum atomic E-state index is -0.321. The molecule has 0 spiro atoms. The second-order valence-corrected chi connectivity index (χ2v) is 6.90. The lowest BCUT2D eigenvalue weighted by atomic mass is 10.1. The lowest BCUT2D eigenvalue weighted by Crippen LogP contribution is -2.19. The van der Waals surface area contributed by atoms with Gasteiger partial charge < -0.3 is 14.8 Å². The second kappa shape index (κ2) is 10.1. The van der Waals surface area contributed by atoms with Crippen LogP contribution in [0.5, 0.6) is 5.75 Å². The molecule has 0 aliphatic carbocycles. The quantitative estimate of drug-likeness (QED) is 0.625. The van der Waals surface area contributed by atoms with Crippen molar-refractivity contribution >= 4 is 11.7 Å². The Hall–Kier alpha value is -4.07. The van der Waals surface area contributed by atoms with Crippen LogP contribution in [0.15, 0.2) is 54.7 Å². The van der Waals surface area contributed by atoms with Crippen molar-refractivity contribution in [2.24, 2.45) is 7.05 Å². The zero-order valence-corrected chi connectivity index (χ0v) is 17.5. The number of methoxy groups -OCH3 is 1. The Balaban J connectivity index is 1.92. The van der Waals surface area contributed by atoms with Crippen molar-refractivity contribution in [3.63, 3.8) is 0 Å². The van der Waals surface area contributed by atoms with Gasteiger partial charge in [0.25, 0.3) is 5.91 Å². The van der Waals surface area contributed by atoms with E-state index in [0.717, 1.165) is 0 Å². The molecular formula is C24H22N4O3. The van der Waals surface area contributed by atoms with Gasteiger partial charge in [-0.25, -0.2) is 0 Å². The molecule has 0 saturated heterocycles. The number of hydrogen-bond donors (Lipinski definition) is 1. The smallest absolute Gasteiger partial charge is 0.257 e. The van der Waals surface area contributed by atoms with Crippen LogP contribution in [0.1, 0.15) is 34.0 Å². The summed E-state index contributed by atoms with van der Waals surface area (Å²) in [6.07, 6.45) is 1.54. The molecule has 0 aliphatic heterocycles. The molecule has 2 aromatic carbocycles. The molecule has 0 unspecified atom stereocenters. The van der Waals surface area contributed by atoms with E-state index in [0.29, 0.717) is 40.4 Å². The Kier molecular flexibility index (Phi) is 7.05. The Labute approximate surface area is 181 Å². The summed E-state index contributed by atoms with van der Waals surface area (Å²) in [4.78, 5) is 12.8. The Bertz CT molecular complexity index is 1180. The highest BCUT2D eigenvalue weighted by Crippen LogP contribution is 2.20. The molecule has 1 amide bonds. The zero-order chi connectivity index (χ0) is 22.2. The molecule has 31 heavy (non-hydrogen) atoms. The van der Waals surface area contributed by atoms with Gasteiger partial charge >= 0.3 is 0 Å². The van der Waals surface area contributed by atoms with Gasteiger partial charge in [0, 0.05) is 43.1 Å². The predicted molar refractivity (Wildman–Crippen MR) is 117 cm³/mol. The summed E-state index contributed by atoms with van der Waals surface area (Å²) in [6, 6.07) is 16.0. The van der Waals surface area contributed by atoms with E-state index in [2.05, 4.69) is 28.3 Å². The Morgan fingerprint density at radius 2 is 1.94 bits per heavy atom. The van der Waals surface area contributed by atoms with Gasteiger partial charge in [0.05, 0.1) is 18.2 Å². The van der Waals surface area contributed by atoms with Crippen LogP contribution in [0.25, 0.3) is 0 Å². The Morgan fingerprint density at radius 3 is 2.65 bits per heavy atom. The Morgan fingerprint density at radius 1 is 1.16 bits per heavy atom. The number of rotatable bonds is 6. The first kappa shape index (κ1) is 21.6. The molecule has 0 bridgehead atoms. The third-order valence-corrected chi connectivity index (χ3v) is 4.21. The SMILES string of the molecule is COC[C@H](C)Oc1cc(C#Cc2cccc(C#N)c2)cc(C(=O)Nc2ccn(C)n2)c1. The number of aryl methyl sites for hydroxylation is 1. The molecule has 0 radical (unpaired) electrons. The van der Waals surface area contributed by atoms with Gasteiger partial charge in [-0.15, -0.1) is 0 Å². The molecule has 1 N–H and O–H groups in total. The summed E-state index contributed by atoms with van der Waals surface area (Å²) in [5.41, 5.74) is 2.24. The van der Waals surface area contributed by atoms with E-state index in [4.69, 9.17) is 14.7 Å². The number of ether oxygens (including phenoxy) is 2. The van der Waals surface area contributed by atoms with E-state index >= 15 is 0 Å². The number of nitrogens with zero attached hydrogens (tertiary/aromatic N) is 3. The normalized spacial score (nSPS) is 11.0. The monoisotopic (exact) mass is 414 g/mol. The highest BCUT2D eigenvalue weighted by Gasteiger charge is 2.12. The summed E-state index contributed by atoms with van der Waals surface area (Å²) in [5, 5.41) is 16.0. The first-order valence-corrected chi connectivity index (χ1v) is 9.60. The minimum absolute atomic E-state index is 0.202. The van der Waals surface area contributed by atoms with Crippen molar-refractivity contribution in [2.45, 2.75) is 13.0 Å². The number of nitriles is 1. The first-order chi connectivity index (χ1) is 15.0. The van der Waals surface area contributed by atoms with Gasteiger partial charge in [0.15, 0.2) is 5.82 Å². The van der Waals surface area contributed by atoms with Crippen LogP contribution in [0, 0.1) is 23.2 Å². The molecule has 1 heterocycles. The minimum Gasteiger partial charge on any atom is -0.488 e. The molecule has 0 aliphatic rings.